The number of halogens is 1. The second-order valence-corrected chi connectivity index (χ2v) is 11.5. The molecule has 0 spiro atoms. The van der Waals surface area contributed by atoms with Crippen molar-refractivity contribution in [2.24, 2.45) is 0 Å². The quantitative estimate of drug-likeness (QED) is 0.398. The largest absolute Gasteiger partial charge is 0.352 e. The minimum Gasteiger partial charge on any atom is -0.352 e. The second kappa shape index (κ2) is 12.7. The molecule has 3 aromatic carbocycles. The van der Waals surface area contributed by atoms with Gasteiger partial charge in [0.05, 0.1) is 11.9 Å². The number of carbonyl (C=O) groups excluding carboxylic acids is 2. The summed E-state index contributed by atoms with van der Waals surface area (Å²) in [6.45, 7) is 5.16. The van der Waals surface area contributed by atoms with Crippen molar-refractivity contribution >= 4 is 27.5 Å². The van der Waals surface area contributed by atoms with Crippen LogP contribution in [0.2, 0.25) is 0 Å². The number of aryl methyl sites for hydroxylation is 1. The van der Waals surface area contributed by atoms with Gasteiger partial charge in [0.25, 0.3) is 0 Å². The van der Waals surface area contributed by atoms with Gasteiger partial charge in [0.2, 0.25) is 21.8 Å². The van der Waals surface area contributed by atoms with Crippen molar-refractivity contribution in [3.8, 4) is 0 Å². The molecule has 0 radical (unpaired) electrons. The van der Waals surface area contributed by atoms with Crippen molar-refractivity contribution in [2.45, 2.75) is 45.8 Å². The van der Waals surface area contributed by atoms with E-state index >= 15 is 0 Å². The summed E-state index contributed by atoms with van der Waals surface area (Å²) in [4.78, 5) is 28.8. The smallest absolute Gasteiger partial charge is 0.244 e. The first-order valence-electron chi connectivity index (χ1n) is 12.4. The summed E-state index contributed by atoms with van der Waals surface area (Å²) < 4.78 is 39.9. The summed E-state index contributed by atoms with van der Waals surface area (Å²) in [6.07, 6.45) is 1.23. The Kier molecular flexibility index (Phi) is 9.63. The van der Waals surface area contributed by atoms with Gasteiger partial charge in [-0.1, -0.05) is 60.2 Å². The van der Waals surface area contributed by atoms with Crippen LogP contribution < -0.4 is 9.62 Å². The van der Waals surface area contributed by atoms with Crippen LogP contribution in [0.3, 0.4) is 0 Å². The average molecular weight is 540 g/mol. The van der Waals surface area contributed by atoms with Crippen LogP contribution in [-0.2, 0) is 32.6 Å². The van der Waals surface area contributed by atoms with Crippen LogP contribution in [0.5, 0.6) is 0 Å². The molecule has 2 amide bonds. The summed E-state index contributed by atoms with van der Waals surface area (Å²) in [6, 6.07) is 20.8. The first-order valence-corrected chi connectivity index (χ1v) is 14.2. The molecule has 1 atom stereocenters. The fraction of sp³-hybridized carbons (Fsp3) is 0.310. The van der Waals surface area contributed by atoms with E-state index in [4.69, 9.17) is 0 Å². The molecule has 0 aliphatic heterocycles. The van der Waals surface area contributed by atoms with E-state index in [1.807, 2.05) is 75.4 Å². The third-order valence-corrected chi connectivity index (χ3v) is 7.07. The molecule has 1 unspecified atom stereocenters. The SMILES string of the molecule is Cc1cccc(CN(C(=O)CN(c2ccc(F)cc2)S(C)(=O)=O)C(Cc2ccccc2)C(=O)NC(C)C)c1. The van der Waals surface area contributed by atoms with E-state index < -0.39 is 34.3 Å². The van der Waals surface area contributed by atoms with Crippen LogP contribution in [-0.4, -0.2) is 50.0 Å². The number of rotatable bonds is 11. The van der Waals surface area contributed by atoms with E-state index in [0.717, 1.165) is 39.4 Å². The number of carbonyl (C=O) groups is 2. The predicted octanol–water partition coefficient (Wildman–Crippen LogP) is 4.06. The minimum atomic E-state index is -3.90. The highest BCUT2D eigenvalue weighted by Crippen LogP contribution is 2.21. The molecule has 38 heavy (non-hydrogen) atoms. The zero-order valence-corrected chi connectivity index (χ0v) is 22.9. The molecule has 0 saturated carbocycles. The Labute approximate surface area is 224 Å². The molecule has 0 saturated heterocycles. The van der Waals surface area contributed by atoms with Crippen molar-refractivity contribution < 1.29 is 22.4 Å². The summed E-state index contributed by atoms with van der Waals surface area (Å²) >= 11 is 0. The molecule has 9 heteroatoms. The van der Waals surface area contributed by atoms with Crippen LogP contribution in [0.25, 0.3) is 0 Å². The Balaban J connectivity index is 2.05. The molecule has 1 N–H and O–H groups in total. The van der Waals surface area contributed by atoms with Gasteiger partial charge in [-0.05, 0) is 56.2 Å². The molecule has 0 aromatic heterocycles. The van der Waals surface area contributed by atoms with Crippen molar-refractivity contribution in [3.63, 3.8) is 0 Å². The number of sulfonamides is 1. The van der Waals surface area contributed by atoms with Gasteiger partial charge in [0.1, 0.15) is 18.4 Å². The fourth-order valence-electron chi connectivity index (χ4n) is 4.16. The highest BCUT2D eigenvalue weighted by molar-refractivity contribution is 7.92. The van der Waals surface area contributed by atoms with Gasteiger partial charge < -0.3 is 10.2 Å². The summed E-state index contributed by atoms with van der Waals surface area (Å²) in [7, 11) is -3.90. The zero-order valence-electron chi connectivity index (χ0n) is 22.1. The average Bonchev–Trinajstić information content (AvgIpc) is 2.85. The third-order valence-electron chi connectivity index (χ3n) is 5.93. The van der Waals surface area contributed by atoms with Crippen LogP contribution >= 0.6 is 0 Å². The van der Waals surface area contributed by atoms with Crippen LogP contribution in [0, 0.1) is 12.7 Å². The normalized spacial score (nSPS) is 12.2. The van der Waals surface area contributed by atoms with Gasteiger partial charge in [0.15, 0.2) is 0 Å². The summed E-state index contributed by atoms with van der Waals surface area (Å²) in [5.74, 6) is -1.42. The number of nitrogens with zero attached hydrogens (tertiary/aromatic N) is 2. The Bertz CT molecular complexity index is 1350. The minimum absolute atomic E-state index is 0.102. The lowest BCUT2D eigenvalue weighted by molar-refractivity contribution is -0.140. The number of amides is 2. The van der Waals surface area contributed by atoms with E-state index in [0.29, 0.717) is 0 Å². The van der Waals surface area contributed by atoms with Gasteiger partial charge in [-0.25, -0.2) is 12.8 Å². The first kappa shape index (κ1) is 28.8. The topological polar surface area (TPSA) is 86.8 Å². The molecule has 202 valence electrons. The number of anilines is 1. The molecule has 0 aliphatic rings. The third kappa shape index (κ3) is 8.14. The Morgan fingerprint density at radius 3 is 2.13 bits per heavy atom. The highest BCUT2D eigenvalue weighted by Gasteiger charge is 2.33. The predicted molar refractivity (Wildman–Crippen MR) is 148 cm³/mol. The molecular formula is C29H34FN3O4S. The van der Waals surface area contributed by atoms with Crippen molar-refractivity contribution in [1.82, 2.24) is 10.2 Å². The van der Waals surface area contributed by atoms with E-state index in [9.17, 15) is 22.4 Å². The molecular weight excluding hydrogens is 505 g/mol. The lowest BCUT2D eigenvalue weighted by Crippen LogP contribution is -2.54. The highest BCUT2D eigenvalue weighted by atomic mass is 32.2. The Morgan fingerprint density at radius 1 is 0.921 bits per heavy atom. The van der Waals surface area contributed by atoms with Crippen molar-refractivity contribution in [1.29, 1.82) is 0 Å². The maximum atomic E-state index is 13.9. The Morgan fingerprint density at radius 2 is 1.55 bits per heavy atom. The van der Waals surface area contributed by atoms with Gasteiger partial charge in [-0.3, -0.25) is 13.9 Å². The summed E-state index contributed by atoms with van der Waals surface area (Å²) in [5.41, 5.74) is 2.81. The number of nitrogens with one attached hydrogen (secondary N) is 1. The zero-order chi connectivity index (χ0) is 27.9. The maximum Gasteiger partial charge on any atom is 0.244 e. The molecule has 3 aromatic rings. The first-order chi connectivity index (χ1) is 17.9. The molecule has 0 heterocycles. The van der Waals surface area contributed by atoms with E-state index in [2.05, 4.69) is 5.32 Å². The molecule has 7 nitrogen and oxygen atoms in total. The van der Waals surface area contributed by atoms with Crippen LogP contribution in [0.1, 0.15) is 30.5 Å². The van der Waals surface area contributed by atoms with Crippen LogP contribution in [0.4, 0.5) is 10.1 Å². The van der Waals surface area contributed by atoms with Gasteiger partial charge in [0, 0.05) is 19.0 Å². The molecule has 0 aliphatic carbocycles. The Hall–Kier alpha value is -3.72. The van der Waals surface area contributed by atoms with Gasteiger partial charge in [-0.2, -0.15) is 0 Å². The summed E-state index contributed by atoms with van der Waals surface area (Å²) in [5, 5.41) is 2.91. The maximum absolute atomic E-state index is 13.9. The van der Waals surface area contributed by atoms with Gasteiger partial charge in [-0.15, -0.1) is 0 Å². The van der Waals surface area contributed by atoms with E-state index in [1.54, 1.807) is 0 Å². The lowest BCUT2D eigenvalue weighted by atomic mass is 10.0. The van der Waals surface area contributed by atoms with E-state index in [1.165, 1.54) is 17.0 Å². The van der Waals surface area contributed by atoms with Crippen molar-refractivity contribution in [3.05, 3.63) is 101 Å². The van der Waals surface area contributed by atoms with Gasteiger partial charge >= 0.3 is 0 Å². The van der Waals surface area contributed by atoms with Crippen LogP contribution in [0.15, 0.2) is 78.9 Å². The lowest BCUT2D eigenvalue weighted by Gasteiger charge is -2.34. The standard InChI is InChI=1S/C29H34FN3O4S/c1-21(2)31-29(35)27(18-23-10-6-5-7-11-23)32(19-24-12-8-9-22(3)17-24)28(34)20-33(38(4,36)37)26-15-13-25(30)14-16-26/h5-17,21,27H,18-20H2,1-4H3,(H,31,35). The molecule has 0 bridgehead atoms. The fourth-order valence-corrected chi connectivity index (χ4v) is 5.01. The molecule has 3 rings (SSSR count). The number of hydrogen-bond donors (Lipinski definition) is 1. The second-order valence-electron chi connectivity index (χ2n) is 9.63. The number of benzene rings is 3. The van der Waals surface area contributed by atoms with E-state index in [-0.39, 0.29) is 30.6 Å². The van der Waals surface area contributed by atoms with Crippen molar-refractivity contribution in [2.75, 3.05) is 17.1 Å². The number of hydrogen-bond acceptors (Lipinski definition) is 4. The monoisotopic (exact) mass is 539 g/mol. The molecule has 0 fully saturated rings.